The van der Waals surface area contributed by atoms with Gasteiger partial charge in [-0.2, -0.15) is 0 Å². The van der Waals surface area contributed by atoms with Crippen LogP contribution in [-0.4, -0.2) is 30.1 Å². The average molecular weight is 313 g/mol. The highest BCUT2D eigenvalue weighted by Crippen LogP contribution is 2.23. The molecular formula is C17H26ClFN2. The summed E-state index contributed by atoms with van der Waals surface area (Å²) in [5.74, 6) is 0.460. The van der Waals surface area contributed by atoms with Crippen LogP contribution in [0.25, 0.3) is 0 Å². The zero-order valence-electron chi connectivity index (χ0n) is 13.2. The van der Waals surface area contributed by atoms with Crippen LogP contribution in [0.3, 0.4) is 0 Å². The number of halogens is 2. The molecule has 0 aromatic heterocycles. The lowest BCUT2D eigenvalue weighted by molar-refractivity contribution is 0.187. The molecule has 0 saturated carbocycles. The Kier molecular flexibility index (Phi) is 6.03. The fourth-order valence-corrected chi connectivity index (χ4v) is 3.26. The van der Waals surface area contributed by atoms with E-state index in [1.807, 2.05) is 0 Å². The first kappa shape index (κ1) is 16.7. The SMILES string of the molecule is CC(C)CC1CN(Cc2c(F)cccc2Cl)C(C)CCN1. The van der Waals surface area contributed by atoms with Crippen LogP contribution in [0.1, 0.15) is 39.2 Å². The zero-order chi connectivity index (χ0) is 15.4. The van der Waals surface area contributed by atoms with Crippen LogP contribution >= 0.6 is 11.6 Å². The van der Waals surface area contributed by atoms with Crippen LogP contribution < -0.4 is 5.32 Å². The fourth-order valence-electron chi connectivity index (χ4n) is 3.04. The molecule has 2 atom stereocenters. The van der Waals surface area contributed by atoms with Gasteiger partial charge >= 0.3 is 0 Å². The van der Waals surface area contributed by atoms with Gasteiger partial charge in [0.25, 0.3) is 0 Å². The van der Waals surface area contributed by atoms with E-state index in [1.165, 1.54) is 6.07 Å². The lowest BCUT2D eigenvalue weighted by Crippen LogP contribution is -2.40. The third-order valence-electron chi connectivity index (χ3n) is 4.25. The van der Waals surface area contributed by atoms with E-state index >= 15 is 0 Å². The minimum atomic E-state index is -0.202. The Morgan fingerprint density at radius 1 is 1.43 bits per heavy atom. The highest BCUT2D eigenvalue weighted by atomic mass is 35.5. The van der Waals surface area contributed by atoms with Gasteiger partial charge in [0.1, 0.15) is 5.82 Å². The molecule has 0 aliphatic carbocycles. The first-order chi connectivity index (χ1) is 9.97. The molecule has 118 valence electrons. The lowest BCUT2D eigenvalue weighted by atomic mass is 10.0. The van der Waals surface area contributed by atoms with Crippen molar-refractivity contribution in [3.05, 3.63) is 34.6 Å². The van der Waals surface area contributed by atoms with Gasteiger partial charge in [-0.3, -0.25) is 4.90 Å². The summed E-state index contributed by atoms with van der Waals surface area (Å²) in [4.78, 5) is 2.36. The van der Waals surface area contributed by atoms with Gasteiger partial charge in [0, 0.05) is 35.8 Å². The number of hydrogen-bond acceptors (Lipinski definition) is 2. The Bertz CT molecular complexity index is 444. The molecule has 2 nitrogen and oxygen atoms in total. The maximum atomic E-state index is 14.0. The van der Waals surface area contributed by atoms with Crippen molar-refractivity contribution in [2.24, 2.45) is 5.92 Å². The smallest absolute Gasteiger partial charge is 0.129 e. The number of benzene rings is 1. The highest BCUT2D eigenvalue weighted by molar-refractivity contribution is 6.31. The predicted octanol–water partition coefficient (Wildman–Crippen LogP) is 4.08. The van der Waals surface area contributed by atoms with E-state index in [0.29, 0.717) is 35.1 Å². The molecule has 1 aliphatic rings. The Balaban J connectivity index is 2.11. The van der Waals surface area contributed by atoms with Gasteiger partial charge in [-0.25, -0.2) is 4.39 Å². The van der Waals surface area contributed by atoms with E-state index in [4.69, 9.17) is 11.6 Å². The lowest BCUT2D eigenvalue weighted by Gasteiger charge is -2.30. The summed E-state index contributed by atoms with van der Waals surface area (Å²) < 4.78 is 14.0. The van der Waals surface area contributed by atoms with Crippen LogP contribution in [0.2, 0.25) is 5.02 Å². The van der Waals surface area contributed by atoms with Crippen molar-refractivity contribution in [3.8, 4) is 0 Å². The first-order valence-electron chi connectivity index (χ1n) is 7.87. The molecule has 1 saturated heterocycles. The normalized spacial score (nSPS) is 24.3. The van der Waals surface area contributed by atoms with Gasteiger partial charge in [0.15, 0.2) is 0 Å². The van der Waals surface area contributed by atoms with Gasteiger partial charge in [0.05, 0.1) is 0 Å². The Labute approximate surface area is 132 Å². The van der Waals surface area contributed by atoms with E-state index in [1.54, 1.807) is 12.1 Å². The van der Waals surface area contributed by atoms with E-state index in [-0.39, 0.29) is 5.82 Å². The largest absolute Gasteiger partial charge is 0.313 e. The topological polar surface area (TPSA) is 15.3 Å². The van der Waals surface area contributed by atoms with Crippen molar-refractivity contribution in [1.29, 1.82) is 0 Å². The molecule has 1 heterocycles. The average Bonchev–Trinajstić information content (AvgIpc) is 2.56. The van der Waals surface area contributed by atoms with Gasteiger partial charge in [-0.1, -0.05) is 31.5 Å². The van der Waals surface area contributed by atoms with Crippen LogP contribution in [0.4, 0.5) is 4.39 Å². The van der Waals surface area contributed by atoms with E-state index in [9.17, 15) is 4.39 Å². The van der Waals surface area contributed by atoms with Gasteiger partial charge in [-0.05, 0) is 44.4 Å². The number of nitrogens with one attached hydrogen (secondary N) is 1. The second kappa shape index (κ2) is 7.57. The van der Waals surface area contributed by atoms with Crippen molar-refractivity contribution >= 4 is 11.6 Å². The molecular weight excluding hydrogens is 287 g/mol. The molecule has 0 amide bonds. The summed E-state index contributed by atoms with van der Waals surface area (Å²) >= 11 is 6.18. The molecule has 0 bridgehead atoms. The molecule has 1 aromatic rings. The van der Waals surface area contributed by atoms with Crippen LogP contribution in [-0.2, 0) is 6.54 Å². The monoisotopic (exact) mass is 312 g/mol. The zero-order valence-corrected chi connectivity index (χ0v) is 14.0. The van der Waals surface area contributed by atoms with Crippen LogP contribution in [0.15, 0.2) is 18.2 Å². The molecule has 4 heteroatoms. The minimum absolute atomic E-state index is 0.202. The fraction of sp³-hybridized carbons (Fsp3) is 0.647. The molecule has 0 radical (unpaired) electrons. The van der Waals surface area contributed by atoms with Crippen molar-refractivity contribution < 1.29 is 4.39 Å². The predicted molar refractivity (Wildman–Crippen MR) is 87.1 cm³/mol. The third kappa shape index (κ3) is 4.67. The minimum Gasteiger partial charge on any atom is -0.313 e. The molecule has 1 fully saturated rings. The second-order valence-corrected chi connectivity index (χ2v) is 6.96. The highest BCUT2D eigenvalue weighted by Gasteiger charge is 2.24. The van der Waals surface area contributed by atoms with Crippen LogP contribution in [0, 0.1) is 11.7 Å². The second-order valence-electron chi connectivity index (χ2n) is 6.55. The third-order valence-corrected chi connectivity index (χ3v) is 4.61. The first-order valence-corrected chi connectivity index (χ1v) is 8.25. The Hall–Kier alpha value is -0.640. The maximum absolute atomic E-state index is 14.0. The van der Waals surface area contributed by atoms with Crippen molar-refractivity contribution in [1.82, 2.24) is 10.2 Å². The van der Waals surface area contributed by atoms with Crippen molar-refractivity contribution in [2.75, 3.05) is 13.1 Å². The Morgan fingerprint density at radius 3 is 2.86 bits per heavy atom. The summed E-state index contributed by atoms with van der Waals surface area (Å²) in [6.07, 6.45) is 2.23. The standard InChI is InChI=1S/C17H26ClFN2/c1-12(2)9-14-10-21(13(3)7-8-20-14)11-15-16(18)5-4-6-17(15)19/h4-6,12-14,20H,7-11H2,1-3H3. The summed E-state index contributed by atoms with van der Waals surface area (Å²) in [5.41, 5.74) is 0.621. The molecule has 1 aliphatic heterocycles. The number of nitrogens with zero attached hydrogens (tertiary/aromatic N) is 1. The van der Waals surface area contributed by atoms with Gasteiger partial charge in [-0.15, -0.1) is 0 Å². The summed E-state index contributed by atoms with van der Waals surface area (Å²) in [5, 5.41) is 4.15. The molecule has 2 unspecified atom stereocenters. The summed E-state index contributed by atoms with van der Waals surface area (Å²) in [6, 6.07) is 5.83. The number of hydrogen-bond donors (Lipinski definition) is 1. The van der Waals surface area contributed by atoms with E-state index < -0.39 is 0 Å². The van der Waals surface area contributed by atoms with E-state index in [2.05, 4.69) is 31.0 Å². The van der Waals surface area contributed by atoms with Crippen molar-refractivity contribution in [2.45, 2.75) is 52.2 Å². The number of rotatable bonds is 4. The molecule has 1 N–H and O–H groups in total. The molecule has 2 rings (SSSR count). The van der Waals surface area contributed by atoms with Gasteiger partial charge in [0.2, 0.25) is 0 Å². The molecule has 21 heavy (non-hydrogen) atoms. The van der Waals surface area contributed by atoms with Gasteiger partial charge < -0.3 is 5.32 Å². The quantitative estimate of drug-likeness (QED) is 0.901. The summed E-state index contributed by atoms with van der Waals surface area (Å²) in [6.45, 7) is 9.27. The maximum Gasteiger partial charge on any atom is 0.129 e. The van der Waals surface area contributed by atoms with Crippen LogP contribution in [0.5, 0.6) is 0 Å². The van der Waals surface area contributed by atoms with Crippen molar-refractivity contribution in [3.63, 3.8) is 0 Å². The molecule has 1 aromatic carbocycles. The van der Waals surface area contributed by atoms with E-state index in [0.717, 1.165) is 25.9 Å². The summed E-state index contributed by atoms with van der Waals surface area (Å²) in [7, 11) is 0. The molecule has 0 spiro atoms. The Morgan fingerprint density at radius 2 is 2.19 bits per heavy atom.